The lowest BCUT2D eigenvalue weighted by molar-refractivity contribution is 0.0483. The van der Waals surface area contributed by atoms with E-state index in [0.717, 1.165) is 14.0 Å². The molecule has 0 aliphatic heterocycles. The van der Waals surface area contributed by atoms with E-state index in [0.29, 0.717) is 5.56 Å². The van der Waals surface area contributed by atoms with Crippen molar-refractivity contribution >= 4 is 49.0 Å². The largest absolute Gasteiger partial charge is 0.370 e. The van der Waals surface area contributed by atoms with Crippen LogP contribution in [0, 0.1) is 0 Å². The molecule has 1 heterocycles. The molecule has 1 aromatic heterocycles. The minimum absolute atomic E-state index is 0.0363. The quantitative estimate of drug-likeness (QED) is 0.377. The fraction of sp³-hybridized carbons (Fsp3) is 0.643. The highest BCUT2D eigenvalue weighted by Gasteiger charge is 2.15. The van der Waals surface area contributed by atoms with Crippen molar-refractivity contribution in [3.63, 3.8) is 0 Å². The molecule has 108 valence electrons. The van der Waals surface area contributed by atoms with Crippen LogP contribution in [0.5, 0.6) is 0 Å². The standard InChI is InChI=1S/C14H20Br2O2S/c1-3-4-5-6-7-10(2)18-9-12(17)11-8-13(15)19-14(11)16/h8,10H,3-7,9H2,1-2H3. The summed E-state index contributed by atoms with van der Waals surface area (Å²) in [5.74, 6) is 0.0363. The van der Waals surface area contributed by atoms with Crippen LogP contribution in [-0.2, 0) is 4.74 Å². The smallest absolute Gasteiger partial charge is 0.190 e. The summed E-state index contributed by atoms with van der Waals surface area (Å²) in [6.45, 7) is 4.41. The lowest BCUT2D eigenvalue weighted by Crippen LogP contribution is -2.15. The third-order valence-electron chi connectivity index (χ3n) is 2.92. The van der Waals surface area contributed by atoms with Crippen molar-refractivity contribution in [2.24, 2.45) is 0 Å². The first kappa shape index (κ1) is 17.3. The van der Waals surface area contributed by atoms with Crippen LogP contribution in [0.1, 0.15) is 56.3 Å². The van der Waals surface area contributed by atoms with Crippen LogP contribution in [0.3, 0.4) is 0 Å². The van der Waals surface area contributed by atoms with Crippen molar-refractivity contribution < 1.29 is 9.53 Å². The third-order valence-corrected chi connectivity index (χ3v) is 5.26. The first-order valence-corrected chi connectivity index (χ1v) is 9.04. The van der Waals surface area contributed by atoms with E-state index in [4.69, 9.17) is 4.74 Å². The van der Waals surface area contributed by atoms with Gasteiger partial charge in [0.15, 0.2) is 5.78 Å². The highest BCUT2D eigenvalue weighted by Crippen LogP contribution is 2.32. The van der Waals surface area contributed by atoms with Crippen LogP contribution in [0.25, 0.3) is 0 Å². The van der Waals surface area contributed by atoms with Gasteiger partial charge in [-0.25, -0.2) is 0 Å². The van der Waals surface area contributed by atoms with Crippen molar-refractivity contribution in [3.05, 3.63) is 19.2 Å². The van der Waals surface area contributed by atoms with Gasteiger partial charge in [-0.05, 0) is 51.3 Å². The molecule has 1 unspecified atom stereocenters. The summed E-state index contributed by atoms with van der Waals surface area (Å²) >= 11 is 8.28. The van der Waals surface area contributed by atoms with E-state index in [1.54, 1.807) is 0 Å². The van der Waals surface area contributed by atoms with Crippen molar-refractivity contribution in [2.75, 3.05) is 6.61 Å². The summed E-state index contributed by atoms with van der Waals surface area (Å²) in [5.41, 5.74) is 0.704. The number of ether oxygens (including phenoxy) is 1. The molecule has 19 heavy (non-hydrogen) atoms. The fourth-order valence-corrected chi connectivity index (χ4v) is 4.62. The van der Waals surface area contributed by atoms with Gasteiger partial charge >= 0.3 is 0 Å². The third kappa shape index (κ3) is 6.52. The maximum atomic E-state index is 12.0. The number of hydrogen-bond acceptors (Lipinski definition) is 3. The topological polar surface area (TPSA) is 26.3 Å². The van der Waals surface area contributed by atoms with Gasteiger partial charge in [0.2, 0.25) is 0 Å². The van der Waals surface area contributed by atoms with Crippen LogP contribution in [0.4, 0.5) is 0 Å². The molecule has 5 heteroatoms. The van der Waals surface area contributed by atoms with Gasteiger partial charge in [-0.2, -0.15) is 0 Å². The molecule has 1 aromatic rings. The molecule has 0 aliphatic rings. The molecular weight excluding hydrogens is 392 g/mol. The molecule has 0 aromatic carbocycles. The van der Waals surface area contributed by atoms with Crippen molar-refractivity contribution in [3.8, 4) is 0 Å². The molecule has 0 fully saturated rings. The molecule has 0 N–H and O–H groups in total. The average Bonchev–Trinajstić information content (AvgIpc) is 2.71. The van der Waals surface area contributed by atoms with E-state index in [2.05, 4.69) is 38.8 Å². The Hall–Kier alpha value is 0.290. The van der Waals surface area contributed by atoms with Gasteiger partial charge in [-0.3, -0.25) is 4.79 Å². The normalized spacial score (nSPS) is 12.6. The Morgan fingerprint density at radius 2 is 2.11 bits per heavy atom. The van der Waals surface area contributed by atoms with Gasteiger partial charge in [0.1, 0.15) is 6.61 Å². The minimum atomic E-state index is 0.0363. The zero-order valence-corrected chi connectivity index (χ0v) is 15.4. The van der Waals surface area contributed by atoms with Crippen LogP contribution >= 0.6 is 43.2 Å². The zero-order chi connectivity index (χ0) is 14.3. The fourth-order valence-electron chi connectivity index (χ4n) is 1.77. The molecule has 0 aliphatic carbocycles. The Morgan fingerprint density at radius 1 is 1.37 bits per heavy atom. The Kier molecular flexibility index (Phi) is 8.46. The van der Waals surface area contributed by atoms with E-state index in [1.165, 1.54) is 37.0 Å². The van der Waals surface area contributed by atoms with Gasteiger partial charge in [0.25, 0.3) is 0 Å². The van der Waals surface area contributed by atoms with E-state index >= 15 is 0 Å². The summed E-state index contributed by atoms with van der Waals surface area (Å²) in [4.78, 5) is 12.0. The monoisotopic (exact) mass is 410 g/mol. The SMILES string of the molecule is CCCCCCC(C)OCC(=O)c1cc(Br)sc1Br. The number of ketones is 1. The molecule has 0 saturated carbocycles. The number of carbonyl (C=O) groups is 1. The predicted octanol–water partition coefficient (Wildman–Crippen LogP) is 5.83. The second-order valence-corrected chi connectivity index (χ2v) is 8.38. The second-order valence-electron chi connectivity index (χ2n) is 4.63. The number of rotatable bonds is 9. The summed E-state index contributed by atoms with van der Waals surface area (Å²) in [6.07, 6.45) is 6.14. The maximum Gasteiger partial charge on any atom is 0.190 e. The molecule has 1 atom stereocenters. The van der Waals surface area contributed by atoms with Crippen LogP contribution < -0.4 is 0 Å². The highest BCUT2D eigenvalue weighted by molar-refractivity contribution is 9.12. The second kappa shape index (κ2) is 9.27. The Bertz CT molecular complexity index is 404. The van der Waals surface area contributed by atoms with Crippen molar-refractivity contribution in [1.29, 1.82) is 0 Å². The number of unbranched alkanes of at least 4 members (excludes halogenated alkanes) is 3. The maximum absolute atomic E-state index is 12.0. The summed E-state index contributed by atoms with van der Waals surface area (Å²) in [7, 11) is 0. The Labute approximate surface area is 136 Å². The summed E-state index contributed by atoms with van der Waals surface area (Å²) < 4.78 is 7.44. The van der Waals surface area contributed by atoms with E-state index in [9.17, 15) is 4.79 Å². The van der Waals surface area contributed by atoms with Gasteiger partial charge in [0.05, 0.1) is 13.7 Å². The Balaban J connectivity index is 2.28. The molecule has 0 amide bonds. The lowest BCUT2D eigenvalue weighted by atomic mass is 10.1. The van der Waals surface area contributed by atoms with Crippen LogP contribution in [0.2, 0.25) is 0 Å². The van der Waals surface area contributed by atoms with E-state index in [-0.39, 0.29) is 18.5 Å². The molecule has 2 nitrogen and oxygen atoms in total. The molecule has 0 bridgehead atoms. The molecule has 1 rings (SSSR count). The minimum Gasteiger partial charge on any atom is -0.370 e. The molecular formula is C14H20Br2O2S. The zero-order valence-electron chi connectivity index (χ0n) is 11.4. The van der Waals surface area contributed by atoms with Crippen molar-refractivity contribution in [1.82, 2.24) is 0 Å². The van der Waals surface area contributed by atoms with Gasteiger partial charge in [0, 0.05) is 5.56 Å². The van der Waals surface area contributed by atoms with Crippen LogP contribution in [0.15, 0.2) is 13.6 Å². The highest BCUT2D eigenvalue weighted by atomic mass is 79.9. The first-order valence-electron chi connectivity index (χ1n) is 6.64. The number of Topliss-reactive ketones (excluding diaryl/α,β-unsaturated/α-hetero) is 1. The van der Waals surface area contributed by atoms with Gasteiger partial charge in [-0.1, -0.05) is 32.6 Å². The van der Waals surface area contributed by atoms with Crippen LogP contribution in [-0.4, -0.2) is 18.5 Å². The summed E-state index contributed by atoms with van der Waals surface area (Å²) in [6, 6.07) is 1.84. The summed E-state index contributed by atoms with van der Waals surface area (Å²) in [5, 5.41) is 0. The van der Waals surface area contributed by atoms with Gasteiger partial charge in [-0.15, -0.1) is 11.3 Å². The molecule has 0 spiro atoms. The number of thiophene rings is 1. The first-order chi connectivity index (χ1) is 9.04. The van der Waals surface area contributed by atoms with E-state index in [1.807, 2.05) is 13.0 Å². The molecule has 0 radical (unpaired) electrons. The Morgan fingerprint density at radius 3 is 2.68 bits per heavy atom. The predicted molar refractivity (Wildman–Crippen MR) is 88.2 cm³/mol. The van der Waals surface area contributed by atoms with E-state index < -0.39 is 0 Å². The lowest BCUT2D eigenvalue weighted by Gasteiger charge is -2.12. The number of carbonyl (C=O) groups excluding carboxylic acids is 1. The number of halogens is 2. The van der Waals surface area contributed by atoms with Crippen molar-refractivity contribution in [2.45, 2.75) is 52.1 Å². The average molecular weight is 412 g/mol. The molecule has 0 saturated heterocycles. The number of hydrogen-bond donors (Lipinski definition) is 0. The van der Waals surface area contributed by atoms with Gasteiger partial charge < -0.3 is 4.74 Å².